The van der Waals surface area contributed by atoms with E-state index >= 15 is 0 Å². The van der Waals surface area contributed by atoms with Crippen molar-refractivity contribution in [3.05, 3.63) is 94.7 Å². The van der Waals surface area contributed by atoms with Crippen LogP contribution in [0.1, 0.15) is 51.8 Å². The number of nitro groups is 1. The van der Waals surface area contributed by atoms with E-state index in [0.29, 0.717) is 51.6 Å². The standard InChI is InChI=1S/C29H32N4O6S/c1-6-31(7-2)23-15-12-21(33(36)37)16-20(23)17-24-27(34)32-26(19-10-13-22(14-11-19)38-8-3)25(28(35)39-9-4)18(5)30-29(32)40-24/h10-17,26H,6-9H2,1-5H3/b24-17+/t26-/m1/s1. The summed E-state index contributed by atoms with van der Waals surface area (Å²) in [6.45, 7) is 11.4. The quantitative estimate of drug-likeness (QED) is 0.208. The molecule has 0 radical (unpaired) electrons. The Morgan fingerprint density at radius 2 is 1.82 bits per heavy atom. The van der Waals surface area contributed by atoms with Crippen LogP contribution in [0.2, 0.25) is 0 Å². The maximum atomic E-state index is 14.0. The third-order valence-electron chi connectivity index (χ3n) is 6.64. The zero-order valence-corrected chi connectivity index (χ0v) is 24.0. The molecule has 4 rings (SSSR count). The molecule has 2 aromatic carbocycles. The summed E-state index contributed by atoms with van der Waals surface area (Å²) >= 11 is 1.18. The predicted octanol–water partition coefficient (Wildman–Crippen LogP) is 3.95. The molecule has 0 unspecified atom stereocenters. The van der Waals surface area contributed by atoms with Crippen LogP contribution in [0.4, 0.5) is 11.4 Å². The second kappa shape index (κ2) is 12.3. The number of esters is 1. The highest BCUT2D eigenvalue weighted by Gasteiger charge is 2.33. The van der Waals surface area contributed by atoms with E-state index < -0.39 is 16.9 Å². The number of benzene rings is 2. The Balaban J connectivity index is 1.96. The number of anilines is 1. The highest BCUT2D eigenvalue weighted by molar-refractivity contribution is 7.07. The number of carbonyl (C=O) groups is 1. The van der Waals surface area contributed by atoms with Crippen LogP contribution in [0, 0.1) is 10.1 Å². The lowest BCUT2D eigenvalue weighted by Crippen LogP contribution is -2.40. The van der Waals surface area contributed by atoms with E-state index in [2.05, 4.69) is 9.89 Å². The van der Waals surface area contributed by atoms with Gasteiger partial charge in [-0.25, -0.2) is 9.79 Å². The third-order valence-corrected chi connectivity index (χ3v) is 7.62. The van der Waals surface area contributed by atoms with Crippen molar-refractivity contribution in [2.75, 3.05) is 31.2 Å². The van der Waals surface area contributed by atoms with Crippen molar-refractivity contribution in [1.29, 1.82) is 0 Å². The van der Waals surface area contributed by atoms with E-state index in [1.807, 2.05) is 32.9 Å². The lowest BCUT2D eigenvalue weighted by Gasteiger charge is -2.24. The van der Waals surface area contributed by atoms with Gasteiger partial charge in [0.1, 0.15) is 5.75 Å². The first kappa shape index (κ1) is 28.8. The minimum atomic E-state index is -0.763. The molecule has 210 valence electrons. The number of allylic oxidation sites excluding steroid dienone is 1. The normalized spacial score (nSPS) is 14.9. The van der Waals surface area contributed by atoms with Gasteiger partial charge in [-0.1, -0.05) is 23.5 Å². The molecule has 1 aliphatic heterocycles. The lowest BCUT2D eigenvalue weighted by atomic mass is 9.96. The molecular weight excluding hydrogens is 532 g/mol. The summed E-state index contributed by atoms with van der Waals surface area (Å²) in [7, 11) is 0. The van der Waals surface area contributed by atoms with Crippen LogP contribution >= 0.6 is 11.3 Å². The summed E-state index contributed by atoms with van der Waals surface area (Å²) < 4.78 is 12.8. The van der Waals surface area contributed by atoms with Crippen LogP contribution < -0.4 is 24.5 Å². The molecule has 1 aliphatic rings. The van der Waals surface area contributed by atoms with E-state index in [1.54, 1.807) is 38.1 Å². The van der Waals surface area contributed by atoms with Crippen molar-refractivity contribution in [2.45, 2.75) is 40.7 Å². The molecule has 0 aliphatic carbocycles. The molecule has 40 heavy (non-hydrogen) atoms. The molecule has 0 N–H and O–H groups in total. The highest BCUT2D eigenvalue weighted by Crippen LogP contribution is 2.32. The molecule has 0 amide bonds. The summed E-state index contributed by atoms with van der Waals surface area (Å²) in [5.74, 6) is 0.131. The number of nitro benzene ring substituents is 1. The molecule has 1 atom stereocenters. The second-order valence-corrected chi connectivity index (χ2v) is 9.99. The first-order valence-corrected chi connectivity index (χ1v) is 14.0. The Morgan fingerprint density at radius 1 is 1.12 bits per heavy atom. The number of fused-ring (bicyclic) bond motifs is 1. The minimum Gasteiger partial charge on any atom is -0.494 e. The first-order valence-electron chi connectivity index (χ1n) is 13.2. The zero-order chi connectivity index (χ0) is 29.0. The topological polar surface area (TPSA) is 116 Å². The van der Waals surface area contributed by atoms with Crippen LogP contribution in [-0.4, -0.2) is 41.8 Å². The number of hydrogen-bond acceptors (Lipinski definition) is 9. The summed E-state index contributed by atoms with van der Waals surface area (Å²) in [6.07, 6.45) is 1.67. The monoisotopic (exact) mass is 564 g/mol. The van der Waals surface area contributed by atoms with Crippen LogP contribution in [0.5, 0.6) is 5.75 Å². The van der Waals surface area contributed by atoms with E-state index in [1.165, 1.54) is 28.0 Å². The van der Waals surface area contributed by atoms with Crippen LogP contribution in [0.3, 0.4) is 0 Å². The molecule has 2 heterocycles. The summed E-state index contributed by atoms with van der Waals surface area (Å²) in [4.78, 5) is 45.3. The Bertz CT molecular complexity index is 1630. The molecule has 10 nitrogen and oxygen atoms in total. The number of hydrogen-bond donors (Lipinski definition) is 0. The van der Waals surface area contributed by atoms with Gasteiger partial charge in [0.05, 0.1) is 40.0 Å². The fraction of sp³-hybridized carbons (Fsp3) is 0.345. The van der Waals surface area contributed by atoms with E-state index in [9.17, 15) is 19.7 Å². The third kappa shape index (κ3) is 5.55. The van der Waals surface area contributed by atoms with Crippen molar-refractivity contribution in [3.63, 3.8) is 0 Å². The van der Waals surface area contributed by atoms with Crippen molar-refractivity contribution >= 4 is 34.8 Å². The Hall–Kier alpha value is -4.25. The molecular formula is C29H32N4O6S. The zero-order valence-electron chi connectivity index (χ0n) is 23.2. The van der Waals surface area contributed by atoms with Gasteiger partial charge in [-0.15, -0.1) is 0 Å². The van der Waals surface area contributed by atoms with Crippen molar-refractivity contribution < 1.29 is 19.2 Å². The first-order chi connectivity index (χ1) is 19.2. The fourth-order valence-electron chi connectivity index (χ4n) is 4.78. The second-order valence-electron chi connectivity index (χ2n) is 8.98. The van der Waals surface area contributed by atoms with Crippen molar-refractivity contribution in [3.8, 4) is 5.75 Å². The summed E-state index contributed by atoms with van der Waals surface area (Å²) in [6, 6.07) is 11.1. The summed E-state index contributed by atoms with van der Waals surface area (Å²) in [5.41, 5.74) is 2.37. The minimum absolute atomic E-state index is 0.0670. The fourth-order valence-corrected chi connectivity index (χ4v) is 5.82. The van der Waals surface area contributed by atoms with Gasteiger partial charge in [-0.3, -0.25) is 19.5 Å². The van der Waals surface area contributed by atoms with Crippen LogP contribution in [0.25, 0.3) is 6.08 Å². The van der Waals surface area contributed by atoms with Gasteiger partial charge < -0.3 is 14.4 Å². The van der Waals surface area contributed by atoms with Gasteiger partial charge in [0.25, 0.3) is 11.2 Å². The summed E-state index contributed by atoms with van der Waals surface area (Å²) in [5, 5.41) is 11.5. The molecule has 0 bridgehead atoms. The number of non-ortho nitro benzene ring substituents is 1. The van der Waals surface area contributed by atoms with Gasteiger partial charge in [-0.2, -0.15) is 0 Å². The molecule has 1 aromatic heterocycles. The highest BCUT2D eigenvalue weighted by atomic mass is 32.1. The predicted molar refractivity (Wildman–Crippen MR) is 155 cm³/mol. The van der Waals surface area contributed by atoms with E-state index in [4.69, 9.17) is 9.47 Å². The number of thiazole rings is 1. The van der Waals surface area contributed by atoms with Crippen molar-refractivity contribution in [1.82, 2.24) is 4.57 Å². The van der Waals surface area contributed by atoms with Gasteiger partial charge >= 0.3 is 5.97 Å². The molecule has 0 saturated carbocycles. The Morgan fingerprint density at radius 3 is 2.42 bits per heavy atom. The molecule has 3 aromatic rings. The van der Waals surface area contributed by atoms with Gasteiger partial charge in [0, 0.05) is 36.5 Å². The average Bonchev–Trinajstić information content (AvgIpc) is 3.24. The molecule has 11 heteroatoms. The van der Waals surface area contributed by atoms with Crippen molar-refractivity contribution in [2.24, 2.45) is 4.99 Å². The number of ether oxygens (including phenoxy) is 2. The largest absolute Gasteiger partial charge is 0.494 e. The smallest absolute Gasteiger partial charge is 0.338 e. The number of carbonyl (C=O) groups excluding carboxylic acids is 1. The molecule has 0 spiro atoms. The Kier molecular flexibility index (Phi) is 8.83. The number of rotatable bonds is 10. The maximum Gasteiger partial charge on any atom is 0.338 e. The van der Waals surface area contributed by atoms with E-state index in [-0.39, 0.29) is 23.4 Å². The molecule has 0 saturated heterocycles. The van der Waals surface area contributed by atoms with Gasteiger partial charge in [0.2, 0.25) is 0 Å². The Labute approximate surface area is 235 Å². The lowest BCUT2D eigenvalue weighted by molar-refractivity contribution is -0.384. The molecule has 0 fully saturated rings. The number of aromatic nitrogens is 1. The SMILES string of the molecule is CCOC(=O)C1=C(C)N=c2s/c(=C/c3cc([N+](=O)[O-])ccc3N(CC)CC)c(=O)n2[C@@H]1c1ccc(OCC)cc1. The average molecular weight is 565 g/mol. The van der Waals surface area contributed by atoms with Gasteiger partial charge in [-0.05, 0) is 64.5 Å². The van der Waals surface area contributed by atoms with Crippen LogP contribution in [0.15, 0.2) is 63.5 Å². The maximum absolute atomic E-state index is 14.0. The van der Waals surface area contributed by atoms with Crippen LogP contribution in [-0.2, 0) is 9.53 Å². The van der Waals surface area contributed by atoms with E-state index in [0.717, 1.165) is 5.69 Å². The van der Waals surface area contributed by atoms with Gasteiger partial charge in [0.15, 0.2) is 4.80 Å². The number of nitrogens with zero attached hydrogens (tertiary/aromatic N) is 4.